The van der Waals surface area contributed by atoms with Crippen molar-refractivity contribution < 1.29 is 17.9 Å². The van der Waals surface area contributed by atoms with Gasteiger partial charge in [-0.3, -0.25) is 14.2 Å². The Balaban J connectivity index is 1.61. The summed E-state index contributed by atoms with van der Waals surface area (Å²) in [4.78, 5) is 40.0. The Morgan fingerprint density at radius 1 is 1.19 bits per heavy atom. The molecule has 0 unspecified atom stereocenters. The maximum absolute atomic E-state index is 12.6. The number of nitrogens with zero attached hydrogens (tertiary/aromatic N) is 1. The van der Waals surface area contributed by atoms with Gasteiger partial charge in [-0.05, 0) is 43.2 Å². The number of fused-ring (bicyclic) bond motifs is 1. The van der Waals surface area contributed by atoms with E-state index in [9.17, 15) is 22.8 Å². The predicted octanol–water partition coefficient (Wildman–Crippen LogP) is 0.778. The van der Waals surface area contributed by atoms with E-state index in [-0.39, 0.29) is 27.8 Å². The molecule has 0 radical (unpaired) electrons. The van der Waals surface area contributed by atoms with E-state index in [4.69, 9.17) is 4.74 Å². The number of rotatable bonds is 7. The van der Waals surface area contributed by atoms with Crippen molar-refractivity contribution in [2.45, 2.75) is 30.3 Å². The normalized spacial score (nSPS) is 13.8. The number of methoxy groups -OCH3 is 1. The minimum absolute atomic E-state index is 0.0313. The lowest BCUT2D eigenvalue weighted by Crippen LogP contribution is -2.38. The maximum atomic E-state index is 12.6. The molecule has 3 N–H and O–H groups in total. The molecule has 1 aliphatic carbocycles. The van der Waals surface area contributed by atoms with Gasteiger partial charge in [-0.1, -0.05) is 12.1 Å². The molecule has 2 aromatic carbocycles. The molecule has 0 spiro atoms. The number of hydrogen-bond donors (Lipinski definition) is 3. The molecule has 3 aromatic rings. The smallest absolute Gasteiger partial charge is 0.329 e. The lowest BCUT2D eigenvalue weighted by molar-refractivity contribution is -0.116. The monoisotopic (exact) mass is 444 g/mol. The molecule has 0 bridgehead atoms. The number of para-hydroxylation sites is 1. The molecule has 1 heterocycles. The third-order valence-corrected chi connectivity index (χ3v) is 6.36. The highest BCUT2D eigenvalue weighted by Crippen LogP contribution is 2.29. The summed E-state index contributed by atoms with van der Waals surface area (Å²) in [5, 5.41) is 2.80. The van der Waals surface area contributed by atoms with Crippen LogP contribution in [0, 0.1) is 0 Å². The molecule has 31 heavy (non-hydrogen) atoms. The Morgan fingerprint density at radius 2 is 1.94 bits per heavy atom. The Morgan fingerprint density at radius 3 is 2.65 bits per heavy atom. The summed E-state index contributed by atoms with van der Waals surface area (Å²) in [6.07, 6.45) is 1.57. The second-order valence-corrected chi connectivity index (χ2v) is 8.89. The van der Waals surface area contributed by atoms with Gasteiger partial charge in [-0.2, -0.15) is 0 Å². The van der Waals surface area contributed by atoms with Gasteiger partial charge in [-0.15, -0.1) is 0 Å². The van der Waals surface area contributed by atoms with Crippen LogP contribution < -0.4 is 26.0 Å². The van der Waals surface area contributed by atoms with Gasteiger partial charge < -0.3 is 15.0 Å². The van der Waals surface area contributed by atoms with Crippen molar-refractivity contribution in [2.75, 3.05) is 12.4 Å². The van der Waals surface area contributed by atoms with Gasteiger partial charge in [0.15, 0.2) is 0 Å². The van der Waals surface area contributed by atoms with E-state index < -0.39 is 33.7 Å². The number of carbonyl (C=O) groups is 1. The van der Waals surface area contributed by atoms with E-state index in [1.54, 1.807) is 24.3 Å². The second kappa shape index (κ2) is 8.00. The van der Waals surface area contributed by atoms with Gasteiger partial charge in [0.05, 0.1) is 28.6 Å². The van der Waals surface area contributed by atoms with Gasteiger partial charge >= 0.3 is 5.69 Å². The van der Waals surface area contributed by atoms with Crippen LogP contribution in [0.2, 0.25) is 0 Å². The second-order valence-electron chi connectivity index (χ2n) is 7.17. The van der Waals surface area contributed by atoms with E-state index in [1.807, 2.05) is 0 Å². The minimum Gasteiger partial charge on any atom is -0.495 e. The van der Waals surface area contributed by atoms with Gasteiger partial charge in [0.1, 0.15) is 12.3 Å². The highest BCUT2D eigenvalue weighted by Gasteiger charge is 2.28. The van der Waals surface area contributed by atoms with Crippen molar-refractivity contribution in [3.05, 3.63) is 63.3 Å². The Labute approximate surface area is 176 Å². The fourth-order valence-electron chi connectivity index (χ4n) is 3.12. The van der Waals surface area contributed by atoms with Gasteiger partial charge in [0, 0.05) is 6.04 Å². The first-order valence-corrected chi connectivity index (χ1v) is 11.0. The van der Waals surface area contributed by atoms with Crippen molar-refractivity contribution in [3.8, 4) is 5.75 Å². The first kappa shape index (κ1) is 20.8. The molecule has 10 nitrogen and oxygen atoms in total. The summed E-state index contributed by atoms with van der Waals surface area (Å²) in [7, 11) is -2.37. The molecule has 0 aliphatic heterocycles. The fraction of sp³-hybridized carbons (Fsp3) is 0.250. The maximum Gasteiger partial charge on any atom is 0.329 e. The highest BCUT2D eigenvalue weighted by atomic mass is 32.2. The van der Waals surface area contributed by atoms with Crippen LogP contribution in [0.25, 0.3) is 10.9 Å². The van der Waals surface area contributed by atoms with Crippen LogP contribution in [0.15, 0.2) is 56.9 Å². The summed E-state index contributed by atoms with van der Waals surface area (Å²) in [5.41, 5.74) is -0.851. The number of aromatic amines is 1. The lowest BCUT2D eigenvalue weighted by atomic mass is 10.2. The van der Waals surface area contributed by atoms with Crippen LogP contribution in [0.5, 0.6) is 5.75 Å². The molecule has 1 amide bonds. The third-order valence-electron chi connectivity index (χ3n) is 4.85. The topological polar surface area (TPSA) is 139 Å². The highest BCUT2D eigenvalue weighted by molar-refractivity contribution is 7.89. The SMILES string of the molecule is COc1ccc(S(=O)(=O)NC2CC2)cc1NC(=O)Cn1c(=O)[nH]c2ccccc2c1=O. The molecule has 1 aliphatic rings. The van der Waals surface area contributed by atoms with Gasteiger partial charge in [0.25, 0.3) is 5.56 Å². The number of benzene rings is 2. The summed E-state index contributed by atoms with van der Waals surface area (Å²) < 4.78 is 33.5. The molecule has 11 heteroatoms. The number of ether oxygens (including phenoxy) is 1. The van der Waals surface area contributed by atoms with Crippen LogP contribution in [0.1, 0.15) is 12.8 Å². The van der Waals surface area contributed by atoms with Gasteiger partial charge in [-0.25, -0.2) is 17.9 Å². The summed E-state index contributed by atoms with van der Waals surface area (Å²) >= 11 is 0. The summed E-state index contributed by atoms with van der Waals surface area (Å²) in [5.74, 6) is -0.454. The van der Waals surface area contributed by atoms with E-state index >= 15 is 0 Å². The molecule has 1 aromatic heterocycles. The third kappa shape index (κ3) is 4.37. The Kier molecular flexibility index (Phi) is 5.38. The Bertz CT molecular complexity index is 1390. The first-order valence-electron chi connectivity index (χ1n) is 9.50. The molecular formula is C20H20N4O6S. The van der Waals surface area contributed by atoms with Gasteiger partial charge in [0.2, 0.25) is 15.9 Å². The summed E-state index contributed by atoms with van der Waals surface area (Å²) in [6, 6.07) is 10.5. The van der Waals surface area contributed by atoms with Crippen molar-refractivity contribution in [1.82, 2.24) is 14.3 Å². The summed E-state index contributed by atoms with van der Waals surface area (Å²) in [6.45, 7) is -0.556. The molecule has 0 atom stereocenters. The van der Waals surface area contributed by atoms with Crippen molar-refractivity contribution >= 4 is 32.5 Å². The molecule has 1 fully saturated rings. The zero-order chi connectivity index (χ0) is 22.2. The number of carbonyl (C=O) groups excluding carboxylic acids is 1. The van der Waals surface area contributed by atoms with Crippen LogP contribution in [0.3, 0.4) is 0 Å². The number of anilines is 1. The van der Waals surface area contributed by atoms with E-state index in [1.165, 1.54) is 25.3 Å². The average Bonchev–Trinajstić information content (AvgIpc) is 3.54. The van der Waals surface area contributed by atoms with Crippen LogP contribution in [-0.2, 0) is 21.4 Å². The molecule has 162 valence electrons. The quantitative estimate of drug-likeness (QED) is 0.492. The minimum atomic E-state index is -3.74. The molecule has 4 rings (SSSR count). The Hall–Kier alpha value is -3.44. The van der Waals surface area contributed by atoms with Crippen LogP contribution in [0.4, 0.5) is 5.69 Å². The molecule has 0 saturated heterocycles. The van der Waals surface area contributed by atoms with E-state index in [2.05, 4.69) is 15.0 Å². The number of nitrogens with one attached hydrogen (secondary N) is 3. The number of amides is 1. The number of aromatic nitrogens is 2. The predicted molar refractivity (Wildman–Crippen MR) is 114 cm³/mol. The van der Waals surface area contributed by atoms with Crippen LogP contribution >= 0.6 is 0 Å². The van der Waals surface area contributed by atoms with Crippen molar-refractivity contribution in [2.24, 2.45) is 0 Å². The zero-order valence-corrected chi connectivity index (χ0v) is 17.4. The van der Waals surface area contributed by atoms with E-state index in [0.717, 1.165) is 17.4 Å². The molecule has 1 saturated carbocycles. The average molecular weight is 444 g/mol. The van der Waals surface area contributed by atoms with Crippen LogP contribution in [-0.4, -0.2) is 37.0 Å². The fourth-order valence-corrected chi connectivity index (χ4v) is 4.45. The largest absolute Gasteiger partial charge is 0.495 e. The number of sulfonamides is 1. The first-order chi connectivity index (χ1) is 14.8. The van der Waals surface area contributed by atoms with Crippen molar-refractivity contribution in [1.29, 1.82) is 0 Å². The van der Waals surface area contributed by atoms with E-state index in [0.29, 0.717) is 5.52 Å². The molecular weight excluding hydrogens is 424 g/mol. The number of hydrogen-bond acceptors (Lipinski definition) is 6. The zero-order valence-electron chi connectivity index (χ0n) is 16.5. The lowest BCUT2D eigenvalue weighted by Gasteiger charge is -2.13. The van der Waals surface area contributed by atoms with Crippen molar-refractivity contribution in [3.63, 3.8) is 0 Å². The number of H-pyrrole nitrogens is 1. The standard InChI is InChI=1S/C20H20N4O6S/c1-30-17-9-8-13(31(28,29)23-12-6-7-12)10-16(17)21-18(25)11-24-19(26)14-4-2-3-5-15(14)22-20(24)27/h2-5,8-10,12,23H,6-7,11H2,1H3,(H,21,25)(H,22,27).